The highest BCUT2D eigenvalue weighted by Gasteiger charge is 2.44. The molecule has 0 aliphatic carbocycles. The second-order valence-corrected chi connectivity index (χ2v) is 5.48. The fraction of sp³-hybridized carbons (Fsp3) is 0.667. The molecule has 1 N–H and O–H groups in total. The van der Waals surface area contributed by atoms with Gasteiger partial charge in [0, 0.05) is 17.8 Å². The van der Waals surface area contributed by atoms with E-state index in [9.17, 15) is 5.11 Å². The molecule has 2 heterocycles. The van der Waals surface area contributed by atoms with Crippen LogP contribution in [-0.2, 0) is 9.47 Å². The maximum absolute atomic E-state index is 10.1. The molecule has 2 fully saturated rings. The first-order valence-corrected chi connectivity index (χ1v) is 7.81. The lowest BCUT2D eigenvalue weighted by molar-refractivity contribution is -0.0325. The standard InChI is InChI=1S/C15H21BrO3/c1-2-3-4-7-12(17)13-10-15-14(19-13)9-11(18-15)6-5-8-16/h3-4,6,8,11-15,17H,2,7,9-10H2,1H3/b4-3+/t5?,11-,12+,13-,14-,15-/m1/s1. The Bertz CT molecular complexity index is 360. The van der Waals surface area contributed by atoms with Gasteiger partial charge in [0.1, 0.15) is 0 Å². The average Bonchev–Trinajstić information content (AvgIpc) is 2.94. The number of halogens is 1. The molecule has 2 aliphatic heterocycles. The van der Waals surface area contributed by atoms with Crippen molar-refractivity contribution in [2.45, 2.75) is 63.1 Å². The molecule has 0 bridgehead atoms. The van der Waals surface area contributed by atoms with Gasteiger partial charge in [-0.05, 0) is 18.9 Å². The first-order chi connectivity index (χ1) is 9.24. The van der Waals surface area contributed by atoms with Gasteiger partial charge in [-0.25, -0.2) is 0 Å². The molecule has 2 saturated heterocycles. The first-order valence-electron chi connectivity index (χ1n) is 6.89. The number of hydrogen-bond donors (Lipinski definition) is 1. The summed E-state index contributed by atoms with van der Waals surface area (Å²) in [5, 5.41) is 10.1. The number of rotatable bonds is 5. The van der Waals surface area contributed by atoms with Crippen LogP contribution in [0.4, 0.5) is 0 Å². The summed E-state index contributed by atoms with van der Waals surface area (Å²) in [6.07, 6.45) is 9.12. The van der Waals surface area contributed by atoms with E-state index < -0.39 is 6.10 Å². The quantitative estimate of drug-likeness (QED) is 0.622. The van der Waals surface area contributed by atoms with Crippen molar-refractivity contribution in [3.05, 3.63) is 28.9 Å². The monoisotopic (exact) mass is 328 g/mol. The second kappa shape index (κ2) is 7.41. The van der Waals surface area contributed by atoms with Gasteiger partial charge in [0.2, 0.25) is 0 Å². The number of aliphatic hydroxyl groups excluding tert-OH is 1. The molecule has 106 valence electrons. The van der Waals surface area contributed by atoms with Gasteiger partial charge in [-0.1, -0.05) is 35.0 Å². The van der Waals surface area contributed by atoms with E-state index in [1.165, 1.54) is 0 Å². The summed E-state index contributed by atoms with van der Waals surface area (Å²) in [5.74, 6) is 0. The number of fused-ring (bicyclic) bond motifs is 1. The highest BCUT2D eigenvalue weighted by atomic mass is 79.9. The minimum atomic E-state index is -0.423. The Labute approximate surface area is 123 Å². The van der Waals surface area contributed by atoms with E-state index in [2.05, 4.69) is 34.7 Å². The normalized spacial score (nSPS) is 35.1. The van der Waals surface area contributed by atoms with Crippen molar-refractivity contribution >= 4 is 15.9 Å². The van der Waals surface area contributed by atoms with Crippen LogP contribution in [0.3, 0.4) is 0 Å². The molecule has 3 nitrogen and oxygen atoms in total. The molecular weight excluding hydrogens is 308 g/mol. The summed E-state index contributed by atoms with van der Waals surface area (Å²) < 4.78 is 11.8. The summed E-state index contributed by atoms with van der Waals surface area (Å²) >= 11 is 3.18. The molecule has 0 aromatic rings. The minimum absolute atomic E-state index is 0.0851. The number of aliphatic hydroxyl groups is 1. The van der Waals surface area contributed by atoms with Crippen molar-refractivity contribution in [1.29, 1.82) is 0 Å². The van der Waals surface area contributed by atoms with Crippen molar-refractivity contribution in [2.75, 3.05) is 0 Å². The molecule has 19 heavy (non-hydrogen) atoms. The molecule has 0 aromatic carbocycles. The lowest BCUT2D eigenvalue weighted by Gasteiger charge is -2.18. The highest BCUT2D eigenvalue weighted by Crippen LogP contribution is 2.36. The first kappa shape index (κ1) is 15.0. The lowest BCUT2D eigenvalue weighted by Crippen LogP contribution is -2.26. The molecule has 2 aliphatic rings. The molecule has 0 unspecified atom stereocenters. The zero-order valence-corrected chi connectivity index (χ0v) is 12.8. The SMILES string of the molecule is CC/C=C/C[C@H](O)[C@H]1C[C@H]2O[C@H](C=C=CBr)C[C@H]2O1. The largest absolute Gasteiger partial charge is 0.390 e. The van der Waals surface area contributed by atoms with Crippen LogP contribution in [0.5, 0.6) is 0 Å². The van der Waals surface area contributed by atoms with Crippen LogP contribution in [-0.4, -0.2) is 35.6 Å². The third-order valence-electron chi connectivity index (χ3n) is 3.60. The van der Waals surface area contributed by atoms with Gasteiger partial charge in [0.05, 0.1) is 30.5 Å². The van der Waals surface area contributed by atoms with Crippen molar-refractivity contribution in [3.8, 4) is 0 Å². The molecule has 0 radical (unpaired) electrons. The van der Waals surface area contributed by atoms with E-state index in [1.54, 1.807) is 4.99 Å². The molecule has 0 aromatic heterocycles. The Balaban J connectivity index is 1.80. The van der Waals surface area contributed by atoms with E-state index in [-0.39, 0.29) is 24.4 Å². The van der Waals surface area contributed by atoms with E-state index in [1.807, 2.05) is 12.2 Å². The van der Waals surface area contributed by atoms with Gasteiger partial charge in [-0.3, -0.25) is 0 Å². The van der Waals surface area contributed by atoms with E-state index in [0.717, 1.165) is 19.3 Å². The minimum Gasteiger partial charge on any atom is -0.390 e. The zero-order chi connectivity index (χ0) is 13.7. The molecule has 5 atom stereocenters. The summed E-state index contributed by atoms with van der Waals surface area (Å²) in [6, 6.07) is 0. The summed E-state index contributed by atoms with van der Waals surface area (Å²) in [7, 11) is 0. The van der Waals surface area contributed by atoms with Crippen LogP contribution >= 0.6 is 15.9 Å². The van der Waals surface area contributed by atoms with Crippen molar-refractivity contribution in [3.63, 3.8) is 0 Å². The molecular formula is C15H21BrO3. The van der Waals surface area contributed by atoms with Gasteiger partial charge >= 0.3 is 0 Å². The van der Waals surface area contributed by atoms with Crippen LogP contribution in [0.25, 0.3) is 0 Å². The van der Waals surface area contributed by atoms with Crippen molar-refractivity contribution in [1.82, 2.24) is 0 Å². The number of ether oxygens (including phenoxy) is 2. The van der Waals surface area contributed by atoms with Crippen LogP contribution in [0.2, 0.25) is 0 Å². The molecule has 4 heteroatoms. The number of hydrogen-bond acceptors (Lipinski definition) is 3. The average molecular weight is 329 g/mol. The highest BCUT2D eigenvalue weighted by molar-refractivity contribution is 9.11. The smallest absolute Gasteiger partial charge is 0.0872 e. The molecule has 0 spiro atoms. The number of allylic oxidation sites excluding steroid dienone is 1. The molecule has 0 amide bonds. The fourth-order valence-electron chi connectivity index (χ4n) is 2.66. The van der Waals surface area contributed by atoms with Crippen molar-refractivity contribution in [2.24, 2.45) is 0 Å². The van der Waals surface area contributed by atoms with Gasteiger partial charge in [0.15, 0.2) is 0 Å². The van der Waals surface area contributed by atoms with Gasteiger partial charge in [-0.2, -0.15) is 0 Å². The van der Waals surface area contributed by atoms with Crippen LogP contribution in [0, 0.1) is 0 Å². The van der Waals surface area contributed by atoms with Crippen LogP contribution < -0.4 is 0 Å². The molecule has 2 rings (SSSR count). The third kappa shape index (κ3) is 4.04. The van der Waals surface area contributed by atoms with Gasteiger partial charge < -0.3 is 14.6 Å². The summed E-state index contributed by atoms with van der Waals surface area (Å²) in [4.78, 5) is 1.69. The molecule has 0 saturated carbocycles. The van der Waals surface area contributed by atoms with Gasteiger partial charge in [0.25, 0.3) is 0 Å². The predicted molar refractivity (Wildman–Crippen MR) is 78.2 cm³/mol. The summed E-state index contributed by atoms with van der Waals surface area (Å²) in [6.45, 7) is 2.09. The zero-order valence-electron chi connectivity index (χ0n) is 11.2. The predicted octanol–water partition coefficient (Wildman–Crippen LogP) is 3.08. The Morgan fingerprint density at radius 2 is 2.11 bits per heavy atom. The Kier molecular flexibility index (Phi) is 5.86. The summed E-state index contributed by atoms with van der Waals surface area (Å²) in [5.41, 5.74) is 2.98. The Morgan fingerprint density at radius 1 is 1.32 bits per heavy atom. The van der Waals surface area contributed by atoms with Crippen LogP contribution in [0.15, 0.2) is 28.9 Å². The topological polar surface area (TPSA) is 38.7 Å². The van der Waals surface area contributed by atoms with Gasteiger partial charge in [-0.15, -0.1) is 5.73 Å². The second-order valence-electron chi connectivity index (χ2n) is 5.02. The van der Waals surface area contributed by atoms with Crippen LogP contribution in [0.1, 0.15) is 32.6 Å². The lowest BCUT2D eigenvalue weighted by atomic mass is 10.0. The maximum Gasteiger partial charge on any atom is 0.0872 e. The van der Waals surface area contributed by atoms with E-state index in [4.69, 9.17) is 9.47 Å². The fourth-order valence-corrected chi connectivity index (χ4v) is 2.81. The Morgan fingerprint density at radius 3 is 2.79 bits per heavy atom. The van der Waals surface area contributed by atoms with E-state index >= 15 is 0 Å². The van der Waals surface area contributed by atoms with Crippen molar-refractivity contribution < 1.29 is 14.6 Å². The Hall–Kier alpha value is -0.380. The third-order valence-corrected chi connectivity index (χ3v) is 3.86. The maximum atomic E-state index is 10.1. The van der Waals surface area contributed by atoms with E-state index in [0.29, 0.717) is 6.42 Å².